The van der Waals surface area contributed by atoms with Crippen molar-refractivity contribution in [2.75, 3.05) is 16.9 Å². The molecule has 0 aliphatic rings. The number of para-hydroxylation sites is 1. The number of hydrogen-bond acceptors (Lipinski definition) is 6. The number of carbonyl (C=O) groups excluding carboxylic acids is 1. The van der Waals surface area contributed by atoms with Gasteiger partial charge in [0.2, 0.25) is 11.1 Å². The molecular formula is C19H20ClN5O2S. The number of amides is 1. The zero-order chi connectivity index (χ0) is 20.1. The van der Waals surface area contributed by atoms with Gasteiger partial charge in [-0.3, -0.25) is 4.79 Å². The second-order valence-corrected chi connectivity index (χ2v) is 7.50. The van der Waals surface area contributed by atoms with Crippen molar-refractivity contribution < 1.29 is 9.53 Å². The van der Waals surface area contributed by atoms with E-state index in [1.54, 1.807) is 24.3 Å². The maximum atomic E-state index is 12.1. The van der Waals surface area contributed by atoms with E-state index in [0.29, 0.717) is 21.7 Å². The van der Waals surface area contributed by atoms with Crippen LogP contribution in [-0.2, 0) is 11.4 Å². The van der Waals surface area contributed by atoms with Gasteiger partial charge in [0.25, 0.3) is 0 Å². The molecule has 1 aromatic heterocycles. The molecule has 0 aliphatic heterocycles. The number of benzene rings is 2. The van der Waals surface area contributed by atoms with E-state index < -0.39 is 0 Å². The van der Waals surface area contributed by atoms with Gasteiger partial charge < -0.3 is 15.9 Å². The van der Waals surface area contributed by atoms with E-state index in [4.69, 9.17) is 22.2 Å². The van der Waals surface area contributed by atoms with Crippen LogP contribution in [0.5, 0.6) is 5.75 Å². The van der Waals surface area contributed by atoms with Crippen LogP contribution in [0.1, 0.15) is 17.0 Å². The fourth-order valence-corrected chi connectivity index (χ4v) is 3.33. The average molecular weight is 418 g/mol. The Morgan fingerprint density at radius 3 is 2.54 bits per heavy atom. The Kier molecular flexibility index (Phi) is 6.43. The monoisotopic (exact) mass is 417 g/mol. The van der Waals surface area contributed by atoms with Crippen LogP contribution in [0.3, 0.4) is 0 Å². The number of aromatic nitrogens is 3. The van der Waals surface area contributed by atoms with Crippen LogP contribution in [0, 0.1) is 13.8 Å². The molecular weight excluding hydrogens is 398 g/mol. The van der Waals surface area contributed by atoms with Crippen molar-refractivity contribution in [3.05, 3.63) is 64.4 Å². The van der Waals surface area contributed by atoms with Crippen molar-refractivity contribution in [2.45, 2.75) is 25.6 Å². The second kappa shape index (κ2) is 8.99. The molecule has 7 nitrogen and oxygen atoms in total. The Morgan fingerprint density at radius 2 is 1.86 bits per heavy atom. The summed E-state index contributed by atoms with van der Waals surface area (Å²) in [5.74, 6) is 7.30. The van der Waals surface area contributed by atoms with Crippen molar-refractivity contribution in [1.29, 1.82) is 0 Å². The highest BCUT2D eigenvalue weighted by atomic mass is 35.5. The minimum Gasteiger partial charge on any atom is -0.485 e. The second-order valence-electron chi connectivity index (χ2n) is 6.12. The normalized spacial score (nSPS) is 10.7. The lowest BCUT2D eigenvalue weighted by atomic mass is 10.1. The van der Waals surface area contributed by atoms with Crippen LogP contribution in [0.4, 0.5) is 5.69 Å². The SMILES string of the molecule is Cc1cccc(C)c1OCc1nnc(SCC(=O)Nc2ccc(Cl)cc2)n1N. The third-order valence-electron chi connectivity index (χ3n) is 3.95. The van der Waals surface area contributed by atoms with Crippen LogP contribution in [0.15, 0.2) is 47.6 Å². The number of aryl methyl sites for hydroxylation is 2. The smallest absolute Gasteiger partial charge is 0.234 e. The molecule has 3 N–H and O–H groups in total. The van der Waals surface area contributed by atoms with E-state index >= 15 is 0 Å². The molecule has 0 atom stereocenters. The highest BCUT2D eigenvalue weighted by Gasteiger charge is 2.14. The van der Waals surface area contributed by atoms with Crippen molar-refractivity contribution in [3.8, 4) is 5.75 Å². The predicted octanol–water partition coefficient (Wildman–Crippen LogP) is 3.57. The number of nitrogen functional groups attached to an aromatic ring is 1. The van der Waals surface area contributed by atoms with Gasteiger partial charge >= 0.3 is 0 Å². The zero-order valence-electron chi connectivity index (χ0n) is 15.5. The lowest BCUT2D eigenvalue weighted by Gasteiger charge is -2.11. The van der Waals surface area contributed by atoms with Gasteiger partial charge in [-0.1, -0.05) is 41.6 Å². The lowest BCUT2D eigenvalue weighted by molar-refractivity contribution is -0.113. The number of carbonyl (C=O) groups is 1. The maximum absolute atomic E-state index is 12.1. The first-order valence-electron chi connectivity index (χ1n) is 8.50. The first-order valence-corrected chi connectivity index (χ1v) is 9.87. The first-order chi connectivity index (χ1) is 13.4. The predicted molar refractivity (Wildman–Crippen MR) is 111 cm³/mol. The van der Waals surface area contributed by atoms with Gasteiger partial charge in [0.15, 0.2) is 5.82 Å². The summed E-state index contributed by atoms with van der Waals surface area (Å²) in [4.78, 5) is 12.1. The minimum absolute atomic E-state index is 0.149. The molecule has 0 saturated heterocycles. The Bertz CT molecular complexity index is 955. The summed E-state index contributed by atoms with van der Waals surface area (Å²) >= 11 is 7.03. The van der Waals surface area contributed by atoms with Crippen LogP contribution < -0.4 is 15.9 Å². The van der Waals surface area contributed by atoms with Gasteiger partial charge in [0, 0.05) is 10.7 Å². The maximum Gasteiger partial charge on any atom is 0.234 e. The standard InChI is InChI=1S/C19H20ClN5O2S/c1-12-4-3-5-13(2)18(12)27-10-16-23-24-19(25(16)21)28-11-17(26)22-15-8-6-14(20)7-9-15/h3-9H,10-11,21H2,1-2H3,(H,22,26). The number of anilines is 1. The minimum atomic E-state index is -0.177. The molecule has 0 fully saturated rings. The summed E-state index contributed by atoms with van der Waals surface area (Å²) in [5, 5.41) is 11.9. The molecule has 1 amide bonds. The molecule has 1 heterocycles. The first kappa shape index (κ1) is 20.0. The van der Waals surface area contributed by atoms with E-state index in [2.05, 4.69) is 15.5 Å². The summed E-state index contributed by atoms with van der Waals surface area (Å²) in [6.07, 6.45) is 0. The molecule has 3 aromatic rings. The zero-order valence-corrected chi connectivity index (χ0v) is 17.0. The molecule has 146 valence electrons. The van der Waals surface area contributed by atoms with Crippen LogP contribution >= 0.6 is 23.4 Å². The number of thioether (sulfide) groups is 1. The number of nitrogens with zero attached hydrogens (tertiary/aromatic N) is 3. The largest absolute Gasteiger partial charge is 0.485 e. The van der Waals surface area contributed by atoms with Gasteiger partial charge in [0.1, 0.15) is 12.4 Å². The van der Waals surface area contributed by atoms with Gasteiger partial charge in [-0.25, -0.2) is 4.68 Å². The van der Waals surface area contributed by atoms with Gasteiger partial charge in [-0.05, 0) is 49.2 Å². The van der Waals surface area contributed by atoms with E-state index in [1.165, 1.54) is 16.4 Å². The van der Waals surface area contributed by atoms with E-state index in [0.717, 1.165) is 16.9 Å². The molecule has 0 spiro atoms. The molecule has 28 heavy (non-hydrogen) atoms. The van der Waals surface area contributed by atoms with Gasteiger partial charge in [-0.15, -0.1) is 10.2 Å². The fourth-order valence-electron chi connectivity index (χ4n) is 2.53. The quantitative estimate of drug-likeness (QED) is 0.450. The van der Waals surface area contributed by atoms with E-state index in [-0.39, 0.29) is 18.3 Å². The number of nitrogens with two attached hydrogens (primary N) is 1. The number of halogens is 1. The highest BCUT2D eigenvalue weighted by molar-refractivity contribution is 7.99. The topological polar surface area (TPSA) is 95.1 Å². The van der Waals surface area contributed by atoms with Crippen molar-refractivity contribution in [1.82, 2.24) is 14.9 Å². The van der Waals surface area contributed by atoms with Crippen LogP contribution in [-0.4, -0.2) is 26.5 Å². The van der Waals surface area contributed by atoms with Crippen molar-refractivity contribution in [3.63, 3.8) is 0 Å². The number of nitrogens with one attached hydrogen (secondary N) is 1. The van der Waals surface area contributed by atoms with E-state index in [1.807, 2.05) is 32.0 Å². The third-order valence-corrected chi connectivity index (χ3v) is 5.14. The Balaban J connectivity index is 1.55. The number of ether oxygens (including phenoxy) is 1. The van der Waals surface area contributed by atoms with Crippen molar-refractivity contribution >= 4 is 35.0 Å². The summed E-state index contributed by atoms with van der Waals surface area (Å²) in [6.45, 7) is 4.15. The molecule has 2 aromatic carbocycles. The summed E-state index contributed by atoms with van der Waals surface area (Å²) in [6, 6.07) is 12.8. The molecule has 0 bridgehead atoms. The molecule has 0 saturated carbocycles. The number of hydrogen-bond donors (Lipinski definition) is 2. The molecule has 0 unspecified atom stereocenters. The fraction of sp³-hybridized carbons (Fsp3) is 0.211. The summed E-state index contributed by atoms with van der Waals surface area (Å²) in [5.41, 5.74) is 2.75. The molecule has 3 rings (SSSR count). The molecule has 9 heteroatoms. The lowest BCUT2D eigenvalue weighted by Crippen LogP contribution is -2.18. The Labute approximate surface area is 172 Å². The van der Waals surface area contributed by atoms with Crippen LogP contribution in [0.2, 0.25) is 5.02 Å². The highest BCUT2D eigenvalue weighted by Crippen LogP contribution is 2.23. The summed E-state index contributed by atoms with van der Waals surface area (Å²) < 4.78 is 7.20. The van der Waals surface area contributed by atoms with Crippen LogP contribution in [0.25, 0.3) is 0 Å². The molecule has 0 aliphatic carbocycles. The van der Waals surface area contributed by atoms with Crippen molar-refractivity contribution in [2.24, 2.45) is 0 Å². The summed E-state index contributed by atoms with van der Waals surface area (Å²) in [7, 11) is 0. The van der Waals surface area contributed by atoms with Gasteiger partial charge in [-0.2, -0.15) is 0 Å². The van der Waals surface area contributed by atoms with Gasteiger partial charge in [0.05, 0.1) is 5.75 Å². The Hall–Kier alpha value is -2.71. The third kappa shape index (κ3) is 4.96. The van der Waals surface area contributed by atoms with E-state index in [9.17, 15) is 4.79 Å². The number of rotatable bonds is 7. The average Bonchev–Trinajstić information content (AvgIpc) is 3.01. The Morgan fingerprint density at radius 1 is 1.18 bits per heavy atom. The molecule has 0 radical (unpaired) electrons.